The highest BCUT2D eigenvalue weighted by molar-refractivity contribution is 5.34. The summed E-state index contributed by atoms with van der Waals surface area (Å²) >= 11 is 0. The highest BCUT2D eigenvalue weighted by atomic mass is 16.7. The first-order valence-corrected chi connectivity index (χ1v) is 7.17. The van der Waals surface area contributed by atoms with Gasteiger partial charge in [-0.15, -0.1) is 0 Å². The smallest absolute Gasteiger partial charge is 0.222 e. The lowest BCUT2D eigenvalue weighted by molar-refractivity contribution is -0.297. The van der Waals surface area contributed by atoms with E-state index in [9.17, 15) is 0 Å². The Kier molecular flexibility index (Phi) is 3.60. The van der Waals surface area contributed by atoms with E-state index in [4.69, 9.17) is 9.47 Å². The molecule has 1 aliphatic rings. The first kappa shape index (κ1) is 13.3. The van der Waals surface area contributed by atoms with Crippen molar-refractivity contribution in [3.8, 4) is 0 Å². The fourth-order valence-corrected chi connectivity index (χ4v) is 2.91. The summed E-state index contributed by atoms with van der Waals surface area (Å²) in [6.45, 7) is 4.22. The molecule has 0 spiro atoms. The fraction of sp³-hybridized carbons (Fsp3) is 0.333. The summed E-state index contributed by atoms with van der Waals surface area (Å²) in [5.74, 6) is -0.792. The van der Waals surface area contributed by atoms with Crippen molar-refractivity contribution in [1.82, 2.24) is 0 Å². The maximum absolute atomic E-state index is 6.29. The van der Waals surface area contributed by atoms with Crippen molar-refractivity contribution < 1.29 is 9.47 Å². The summed E-state index contributed by atoms with van der Waals surface area (Å²) in [6, 6.07) is 20.4. The molecule has 0 aromatic heterocycles. The molecule has 0 radical (unpaired) electrons. The summed E-state index contributed by atoms with van der Waals surface area (Å²) in [6.07, 6.45) is 1.25. The molecule has 0 N–H and O–H groups in total. The van der Waals surface area contributed by atoms with Gasteiger partial charge in [-0.2, -0.15) is 0 Å². The Morgan fingerprint density at radius 1 is 0.750 bits per heavy atom. The molecule has 0 amide bonds. The Morgan fingerprint density at radius 2 is 1.15 bits per heavy atom. The van der Waals surface area contributed by atoms with Crippen molar-refractivity contribution in [2.75, 3.05) is 0 Å². The van der Waals surface area contributed by atoms with Gasteiger partial charge in [-0.05, 0) is 20.3 Å². The predicted molar refractivity (Wildman–Crippen MR) is 79.4 cm³/mol. The van der Waals surface area contributed by atoms with Crippen LogP contribution in [0, 0.1) is 0 Å². The van der Waals surface area contributed by atoms with Crippen molar-refractivity contribution in [1.29, 1.82) is 0 Å². The molecule has 1 fully saturated rings. The average Bonchev–Trinajstić information content (AvgIpc) is 2.48. The molecule has 0 bridgehead atoms. The maximum Gasteiger partial charge on any atom is 0.222 e. The SMILES string of the molecule is C[C@@H]1C[C@@H](C)OC(c2ccccc2)(c2ccccc2)O1. The molecule has 2 heteroatoms. The van der Waals surface area contributed by atoms with E-state index in [2.05, 4.69) is 38.1 Å². The third-order valence-electron chi connectivity index (χ3n) is 3.71. The van der Waals surface area contributed by atoms with Gasteiger partial charge in [0, 0.05) is 11.1 Å². The van der Waals surface area contributed by atoms with Crippen molar-refractivity contribution >= 4 is 0 Å². The highest BCUT2D eigenvalue weighted by Gasteiger charge is 2.43. The molecule has 2 nitrogen and oxygen atoms in total. The van der Waals surface area contributed by atoms with Gasteiger partial charge in [0.1, 0.15) is 0 Å². The summed E-state index contributed by atoms with van der Waals surface area (Å²) in [7, 11) is 0. The van der Waals surface area contributed by atoms with E-state index < -0.39 is 5.79 Å². The van der Waals surface area contributed by atoms with Gasteiger partial charge in [-0.1, -0.05) is 60.7 Å². The van der Waals surface area contributed by atoms with Crippen LogP contribution in [0.15, 0.2) is 60.7 Å². The molecule has 2 aromatic carbocycles. The number of benzene rings is 2. The minimum absolute atomic E-state index is 0.166. The molecule has 3 rings (SSSR count). The first-order valence-electron chi connectivity index (χ1n) is 7.17. The largest absolute Gasteiger partial charge is 0.339 e. The maximum atomic E-state index is 6.29. The Bertz CT molecular complexity index is 499. The van der Waals surface area contributed by atoms with E-state index in [1.165, 1.54) is 0 Å². The highest BCUT2D eigenvalue weighted by Crippen LogP contribution is 2.41. The van der Waals surface area contributed by atoms with Gasteiger partial charge in [0.25, 0.3) is 0 Å². The van der Waals surface area contributed by atoms with E-state index in [0.29, 0.717) is 0 Å². The Hall–Kier alpha value is -1.64. The van der Waals surface area contributed by atoms with Crippen LogP contribution in [0.4, 0.5) is 0 Å². The zero-order chi connectivity index (χ0) is 14.0. The van der Waals surface area contributed by atoms with Crippen LogP contribution >= 0.6 is 0 Å². The van der Waals surface area contributed by atoms with Gasteiger partial charge in [-0.25, -0.2) is 0 Å². The lowest BCUT2D eigenvalue weighted by atomic mass is 9.94. The predicted octanol–water partition coefficient (Wildman–Crippen LogP) is 4.10. The van der Waals surface area contributed by atoms with Crippen molar-refractivity contribution in [2.45, 2.75) is 38.3 Å². The normalized spacial score (nSPS) is 25.3. The van der Waals surface area contributed by atoms with Crippen molar-refractivity contribution in [2.24, 2.45) is 0 Å². The van der Waals surface area contributed by atoms with Gasteiger partial charge in [0.05, 0.1) is 12.2 Å². The zero-order valence-corrected chi connectivity index (χ0v) is 12.0. The second kappa shape index (κ2) is 5.39. The quantitative estimate of drug-likeness (QED) is 0.816. The van der Waals surface area contributed by atoms with Crippen LogP contribution in [0.2, 0.25) is 0 Å². The van der Waals surface area contributed by atoms with Crippen molar-refractivity contribution in [3.63, 3.8) is 0 Å². The fourth-order valence-electron chi connectivity index (χ4n) is 2.91. The Balaban J connectivity index is 2.13. The van der Waals surface area contributed by atoms with Crippen LogP contribution < -0.4 is 0 Å². The first-order chi connectivity index (χ1) is 9.71. The second-order valence-corrected chi connectivity index (χ2v) is 5.44. The summed E-state index contributed by atoms with van der Waals surface area (Å²) < 4.78 is 12.6. The molecule has 1 aliphatic heterocycles. The zero-order valence-electron chi connectivity index (χ0n) is 12.0. The lowest BCUT2D eigenvalue weighted by Gasteiger charge is -2.43. The van der Waals surface area contributed by atoms with Gasteiger partial charge >= 0.3 is 0 Å². The molecule has 0 aliphatic carbocycles. The van der Waals surface area contributed by atoms with Gasteiger partial charge in [0.15, 0.2) is 0 Å². The average molecular weight is 268 g/mol. The van der Waals surface area contributed by atoms with Gasteiger partial charge in [0.2, 0.25) is 5.79 Å². The molecular formula is C18H20O2. The second-order valence-electron chi connectivity index (χ2n) is 5.44. The molecule has 1 saturated heterocycles. The topological polar surface area (TPSA) is 18.5 Å². The monoisotopic (exact) mass is 268 g/mol. The molecule has 0 saturated carbocycles. The standard InChI is InChI=1S/C18H20O2/c1-14-13-15(2)20-18(19-14,16-9-5-3-6-10-16)17-11-7-4-8-12-17/h3-12,14-15H,13H2,1-2H3/t14-,15-/m1/s1. The Labute approximate surface area is 120 Å². The van der Waals surface area contributed by atoms with E-state index >= 15 is 0 Å². The minimum atomic E-state index is -0.792. The molecule has 104 valence electrons. The van der Waals surface area contributed by atoms with Crippen LogP contribution in [-0.4, -0.2) is 12.2 Å². The number of ether oxygens (including phenoxy) is 2. The Morgan fingerprint density at radius 3 is 1.55 bits per heavy atom. The third kappa shape index (κ3) is 2.37. The molecule has 2 atom stereocenters. The molecule has 0 unspecified atom stereocenters. The van der Waals surface area contributed by atoms with Crippen LogP contribution in [0.25, 0.3) is 0 Å². The van der Waals surface area contributed by atoms with Gasteiger partial charge < -0.3 is 9.47 Å². The van der Waals surface area contributed by atoms with Crippen molar-refractivity contribution in [3.05, 3.63) is 71.8 Å². The van der Waals surface area contributed by atoms with Crippen LogP contribution in [-0.2, 0) is 15.3 Å². The van der Waals surface area contributed by atoms with E-state index in [-0.39, 0.29) is 12.2 Å². The number of hydrogen-bond acceptors (Lipinski definition) is 2. The third-order valence-corrected chi connectivity index (χ3v) is 3.71. The van der Waals surface area contributed by atoms with Gasteiger partial charge in [-0.3, -0.25) is 0 Å². The van der Waals surface area contributed by atoms with Crippen LogP contribution in [0.3, 0.4) is 0 Å². The van der Waals surface area contributed by atoms with Crippen LogP contribution in [0.1, 0.15) is 31.4 Å². The molecule has 20 heavy (non-hydrogen) atoms. The van der Waals surface area contributed by atoms with Crippen LogP contribution in [0.5, 0.6) is 0 Å². The number of rotatable bonds is 2. The minimum Gasteiger partial charge on any atom is -0.339 e. The van der Waals surface area contributed by atoms with E-state index in [1.54, 1.807) is 0 Å². The summed E-state index contributed by atoms with van der Waals surface area (Å²) in [4.78, 5) is 0. The summed E-state index contributed by atoms with van der Waals surface area (Å²) in [5, 5.41) is 0. The molecule has 1 heterocycles. The van der Waals surface area contributed by atoms with E-state index in [0.717, 1.165) is 17.5 Å². The van der Waals surface area contributed by atoms with E-state index in [1.807, 2.05) is 36.4 Å². The lowest BCUT2D eigenvalue weighted by Crippen LogP contribution is -2.45. The summed E-state index contributed by atoms with van der Waals surface area (Å²) in [5.41, 5.74) is 2.09. The number of hydrogen-bond donors (Lipinski definition) is 0. The molecule has 2 aromatic rings. The molecular weight excluding hydrogens is 248 g/mol.